The molecule has 2 aromatic rings. The van der Waals surface area contributed by atoms with Gasteiger partial charge in [-0.2, -0.15) is 5.10 Å². The van der Waals surface area contributed by atoms with E-state index in [1.165, 1.54) is 0 Å². The van der Waals surface area contributed by atoms with Crippen LogP contribution in [0, 0.1) is 5.92 Å². The van der Waals surface area contributed by atoms with Crippen molar-refractivity contribution in [3.63, 3.8) is 0 Å². The molecule has 5 nitrogen and oxygen atoms in total. The van der Waals surface area contributed by atoms with Crippen LogP contribution in [0.15, 0.2) is 29.1 Å². The van der Waals surface area contributed by atoms with Crippen molar-refractivity contribution in [1.29, 1.82) is 0 Å². The van der Waals surface area contributed by atoms with Gasteiger partial charge in [0.2, 0.25) is 0 Å². The summed E-state index contributed by atoms with van der Waals surface area (Å²) in [5.41, 5.74) is 7.78. The first-order chi connectivity index (χ1) is 9.72. The molecule has 1 aliphatic rings. The van der Waals surface area contributed by atoms with Gasteiger partial charge in [0.15, 0.2) is 0 Å². The zero-order valence-electron chi connectivity index (χ0n) is 11.1. The van der Waals surface area contributed by atoms with Gasteiger partial charge in [0, 0.05) is 43.3 Å². The number of halogens is 1. The number of anilines is 1. The third-order valence-corrected chi connectivity index (χ3v) is 4.26. The molecule has 2 aromatic heterocycles. The van der Waals surface area contributed by atoms with Crippen LogP contribution in [0.4, 0.5) is 5.82 Å². The van der Waals surface area contributed by atoms with Gasteiger partial charge in [0.05, 0.1) is 10.7 Å². The maximum Gasteiger partial charge on any atom is 0.137 e. The topological polar surface area (TPSA) is 66.0 Å². The van der Waals surface area contributed by atoms with Gasteiger partial charge in [0.1, 0.15) is 5.82 Å². The third-order valence-electron chi connectivity index (χ3n) is 3.62. The summed E-state index contributed by atoms with van der Waals surface area (Å²) in [6.07, 6.45) is 7.94. The average molecular weight is 337 g/mol. The second kappa shape index (κ2) is 5.93. The van der Waals surface area contributed by atoms with E-state index in [0.29, 0.717) is 11.7 Å². The molecule has 0 saturated carbocycles. The van der Waals surface area contributed by atoms with E-state index in [1.54, 1.807) is 6.20 Å². The predicted octanol–water partition coefficient (Wildman–Crippen LogP) is 2.72. The molecular weight excluding hydrogens is 320 g/mol. The highest BCUT2D eigenvalue weighted by Crippen LogP contribution is 2.25. The lowest BCUT2D eigenvalue weighted by atomic mass is 10.0. The number of hydrogen-bond acceptors (Lipinski definition) is 4. The average Bonchev–Trinajstić information content (AvgIpc) is 2.91. The molecule has 0 bridgehead atoms. The van der Waals surface area contributed by atoms with Gasteiger partial charge < -0.3 is 10.5 Å². The van der Waals surface area contributed by atoms with Crippen molar-refractivity contribution in [3.05, 3.63) is 29.1 Å². The number of ether oxygens (including phenoxy) is 1. The Labute approximate surface area is 126 Å². The summed E-state index contributed by atoms with van der Waals surface area (Å²) in [5, 5.41) is 4.44. The normalized spacial score (nSPS) is 16.4. The predicted molar refractivity (Wildman–Crippen MR) is 81.1 cm³/mol. The molecule has 0 aromatic carbocycles. The maximum absolute atomic E-state index is 5.71. The van der Waals surface area contributed by atoms with Gasteiger partial charge in [-0.05, 0) is 40.8 Å². The summed E-state index contributed by atoms with van der Waals surface area (Å²) in [6.45, 7) is 2.69. The number of nitrogen functional groups attached to an aromatic ring is 1. The second-order valence-electron chi connectivity index (χ2n) is 5.10. The molecule has 0 amide bonds. The monoisotopic (exact) mass is 336 g/mol. The first-order valence-electron chi connectivity index (χ1n) is 6.74. The first-order valence-corrected chi connectivity index (χ1v) is 7.53. The van der Waals surface area contributed by atoms with Gasteiger partial charge in [-0.3, -0.25) is 4.68 Å². The van der Waals surface area contributed by atoms with Gasteiger partial charge in [-0.25, -0.2) is 4.98 Å². The Morgan fingerprint density at radius 1 is 1.30 bits per heavy atom. The molecule has 2 N–H and O–H groups in total. The summed E-state index contributed by atoms with van der Waals surface area (Å²) in [5.74, 6) is 1.16. The van der Waals surface area contributed by atoms with Crippen molar-refractivity contribution < 1.29 is 4.74 Å². The van der Waals surface area contributed by atoms with Crippen molar-refractivity contribution in [1.82, 2.24) is 14.8 Å². The summed E-state index contributed by atoms with van der Waals surface area (Å²) < 4.78 is 8.20. The van der Waals surface area contributed by atoms with E-state index < -0.39 is 0 Å². The molecule has 106 valence electrons. The van der Waals surface area contributed by atoms with Crippen LogP contribution in [0.25, 0.3) is 11.1 Å². The molecule has 20 heavy (non-hydrogen) atoms. The summed E-state index contributed by atoms with van der Waals surface area (Å²) >= 11 is 3.40. The molecule has 3 heterocycles. The van der Waals surface area contributed by atoms with Crippen LogP contribution in [-0.2, 0) is 11.3 Å². The SMILES string of the molecule is Nc1ncc(-c2cnn(CC3CCOCC3)c2)cc1Br. The van der Waals surface area contributed by atoms with Crippen LogP contribution >= 0.6 is 15.9 Å². The molecule has 6 heteroatoms. The minimum atomic E-state index is 0.503. The van der Waals surface area contributed by atoms with Crippen LogP contribution in [0.3, 0.4) is 0 Å². The Kier molecular flexibility index (Phi) is 4.03. The maximum atomic E-state index is 5.71. The van der Waals surface area contributed by atoms with Crippen LogP contribution in [0.2, 0.25) is 0 Å². The van der Waals surface area contributed by atoms with Crippen LogP contribution in [-0.4, -0.2) is 28.0 Å². The molecule has 1 fully saturated rings. The largest absolute Gasteiger partial charge is 0.383 e. The fraction of sp³-hybridized carbons (Fsp3) is 0.429. The Morgan fingerprint density at radius 3 is 2.85 bits per heavy atom. The second-order valence-corrected chi connectivity index (χ2v) is 5.95. The number of hydrogen-bond donors (Lipinski definition) is 1. The lowest BCUT2D eigenvalue weighted by Gasteiger charge is -2.21. The summed E-state index contributed by atoms with van der Waals surface area (Å²) in [6, 6.07) is 1.97. The minimum absolute atomic E-state index is 0.503. The number of nitrogens with zero attached hydrogens (tertiary/aromatic N) is 3. The van der Waals surface area contributed by atoms with Gasteiger partial charge in [-0.1, -0.05) is 0 Å². The molecule has 0 spiro atoms. The molecule has 0 unspecified atom stereocenters. The van der Waals surface area contributed by atoms with Crippen LogP contribution in [0.1, 0.15) is 12.8 Å². The highest BCUT2D eigenvalue weighted by Gasteiger charge is 2.15. The molecular formula is C14H17BrN4O. The third kappa shape index (κ3) is 3.02. The molecule has 0 atom stereocenters. The first kappa shape index (κ1) is 13.6. The molecule has 0 aliphatic carbocycles. The van der Waals surface area contributed by atoms with Gasteiger partial charge in [0.25, 0.3) is 0 Å². The Hall–Kier alpha value is -1.40. The zero-order valence-corrected chi connectivity index (χ0v) is 12.7. The number of pyridine rings is 1. The van der Waals surface area contributed by atoms with E-state index in [1.807, 2.05) is 16.9 Å². The summed E-state index contributed by atoms with van der Waals surface area (Å²) in [4.78, 5) is 4.16. The van der Waals surface area contributed by atoms with E-state index >= 15 is 0 Å². The lowest BCUT2D eigenvalue weighted by Crippen LogP contribution is -2.20. The van der Waals surface area contributed by atoms with E-state index in [0.717, 1.165) is 48.2 Å². The smallest absolute Gasteiger partial charge is 0.137 e. The number of aromatic nitrogens is 3. The molecule has 3 rings (SSSR count). The van der Waals surface area contributed by atoms with Crippen molar-refractivity contribution in [2.24, 2.45) is 5.92 Å². The Bertz CT molecular complexity index is 593. The van der Waals surface area contributed by atoms with E-state index in [4.69, 9.17) is 10.5 Å². The highest BCUT2D eigenvalue weighted by molar-refractivity contribution is 9.10. The fourth-order valence-electron chi connectivity index (χ4n) is 2.41. The van der Waals surface area contributed by atoms with Gasteiger partial charge >= 0.3 is 0 Å². The van der Waals surface area contributed by atoms with Crippen molar-refractivity contribution in [2.45, 2.75) is 19.4 Å². The van der Waals surface area contributed by atoms with Crippen molar-refractivity contribution in [2.75, 3.05) is 18.9 Å². The van der Waals surface area contributed by atoms with E-state index in [9.17, 15) is 0 Å². The van der Waals surface area contributed by atoms with Crippen molar-refractivity contribution in [3.8, 4) is 11.1 Å². The van der Waals surface area contributed by atoms with Crippen LogP contribution < -0.4 is 5.73 Å². The fourth-order valence-corrected chi connectivity index (χ4v) is 2.76. The number of nitrogens with two attached hydrogens (primary N) is 1. The summed E-state index contributed by atoms with van der Waals surface area (Å²) in [7, 11) is 0. The molecule has 1 saturated heterocycles. The van der Waals surface area contributed by atoms with E-state index in [2.05, 4.69) is 32.2 Å². The minimum Gasteiger partial charge on any atom is -0.383 e. The quantitative estimate of drug-likeness (QED) is 0.935. The Morgan fingerprint density at radius 2 is 2.10 bits per heavy atom. The lowest BCUT2D eigenvalue weighted by molar-refractivity contribution is 0.0601. The Balaban J connectivity index is 1.73. The van der Waals surface area contributed by atoms with Crippen LogP contribution in [0.5, 0.6) is 0 Å². The van der Waals surface area contributed by atoms with Crippen molar-refractivity contribution >= 4 is 21.7 Å². The standard InChI is InChI=1S/C14H17BrN4O/c15-13-5-11(6-17-14(13)16)12-7-18-19(9-12)8-10-1-3-20-4-2-10/h5-7,9-10H,1-4,8H2,(H2,16,17). The highest BCUT2D eigenvalue weighted by atomic mass is 79.9. The van der Waals surface area contributed by atoms with E-state index in [-0.39, 0.29) is 0 Å². The molecule has 0 radical (unpaired) electrons. The van der Waals surface area contributed by atoms with Gasteiger partial charge in [-0.15, -0.1) is 0 Å². The zero-order chi connectivity index (χ0) is 13.9. The molecule has 1 aliphatic heterocycles. The number of rotatable bonds is 3.